The van der Waals surface area contributed by atoms with Gasteiger partial charge in [0, 0.05) is 4.88 Å². The first kappa shape index (κ1) is 12.5. The van der Waals surface area contributed by atoms with E-state index in [4.69, 9.17) is 4.74 Å². The molecule has 0 spiro atoms. The van der Waals surface area contributed by atoms with Crippen LogP contribution in [0.2, 0.25) is 0 Å². The van der Waals surface area contributed by atoms with E-state index in [0.717, 1.165) is 11.4 Å². The summed E-state index contributed by atoms with van der Waals surface area (Å²) in [7, 11) is 1.64. The Kier molecular flexibility index (Phi) is 4.25. The fraction of sp³-hybridized carbons (Fsp3) is 0.143. The van der Waals surface area contributed by atoms with Crippen LogP contribution >= 0.6 is 11.3 Å². The fourth-order valence-electron chi connectivity index (χ4n) is 1.55. The molecular formula is C14H14N2OS. The summed E-state index contributed by atoms with van der Waals surface area (Å²) in [5.41, 5.74) is 1.54. The summed E-state index contributed by atoms with van der Waals surface area (Å²) >= 11 is 1.69. The summed E-state index contributed by atoms with van der Waals surface area (Å²) in [6.07, 6.45) is 0.694. The number of hydrogen-bond donors (Lipinski definition) is 0. The minimum atomic E-state index is 0.675. The Hall–Kier alpha value is -1.94. The maximum absolute atomic E-state index is 5.32. The van der Waals surface area contributed by atoms with Gasteiger partial charge in [-0.25, -0.2) is 4.99 Å². The van der Waals surface area contributed by atoms with Gasteiger partial charge in [0.1, 0.15) is 0 Å². The van der Waals surface area contributed by atoms with Crippen molar-refractivity contribution in [1.82, 2.24) is 0 Å². The van der Waals surface area contributed by atoms with Crippen LogP contribution in [0.3, 0.4) is 0 Å². The van der Waals surface area contributed by atoms with Crippen molar-refractivity contribution >= 4 is 35.3 Å². The number of thiophene rings is 1. The summed E-state index contributed by atoms with van der Waals surface area (Å²) in [5, 5.41) is 2.04. The molecule has 3 nitrogen and oxygen atoms in total. The molecule has 1 aromatic heterocycles. The third-order valence-corrected chi connectivity index (χ3v) is 3.31. The van der Waals surface area contributed by atoms with Crippen molar-refractivity contribution in [2.75, 3.05) is 7.11 Å². The Bertz CT molecular complexity index is 547. The molecule has 0 aliphatic rings. The van der Waals surface area contributed by atoms with Gasteiger partial charge >= 0.3 is 0 Å². The van der Waals surface area contributed by atoms with Crippen LogP contribution < -0.4 is 0 Å². The highest BCUT2D eigenvalue weighted by atomic mass is 32.1. The summed E-state index contributed by atoms with van der Waals surface area (Å²) in [6.45, 7) is 3.54. The van der Waals surface area contributed by atoms with Crippen molar-refractivity contribution in [3.8, 4) is 0 Å². The van der Waals surface area contributed by atoms with Crippen LogP contribution in [0.5, 0.6) is 0 Å². The van der Waals surface area contributed by atoms with Crippen molar-refractivity contribution in [2.45, 2.75) is 6.42 Å². The third kappa shape index (κ3) is 3.05. The predicted molar refractivity (Wildman–Crippen MR) is 77.8 cm³/mol. The molecule has 0 fully saturated rings. The second-order valence-electron chi connectivity index (χ2n) is 3.61. The number of rotatable bonds is 4. The van der Waals surface area contributed by atoms with E-state index < -0.39 is 0 Å². The summed E-state index contributed by atoms with van der Waals surface area (Å²) < 4.78 is 5.32. The molecule has 92 valence electrons. The number of ether oxygens (including phenoxy) is 1. The highest BCUT2D eigenvalue weighted by Gasteiger charge is 2.04. The Morgan fingerprint density at radius 3 is 2.61 bits per heavy atom. The van der Waals surface area contributed by atoms with Gasteiger partial charge in [-0.3, -0.25) is 4.99 Å². The fourth-order valence-corrected chi connectivity index (χ4v) is 2.24. The van der Waals surface area contributed by atoms with Crippen molar-refractivity contribution in [1.29, 1.82) is 0 Å². The van der Waals surface area contributed by atoms with Gasteiger partial charge in [-0.2, -0.15) is 0 Å². The first-order chi connectivity index (χ1) is 8.83. The predicted octanol–water partition coefficient (Wildman–Crippen LogP) is 4.00. The van der Waals surface area contributed by atoms with E-state index in [-0.39, 0.29) is 0 Å². The Morgan fingerprint density at radius 1 is 1.22 bits per heavy atom. The maximum atomic E-state index is 5.32. The lowest BCUT2D eigenvalue weighted by Crippen LogP contribution is -2.03. The van der Waals surface area contributed by atoms with E-state index in [1.54, 1.807) is 18.4 Å². The lowest BCUT2D eigenvalue weighted by atomic mass is 10.2. The summed E-state index contributed by atoms with van der Waals surface area (Å²) in [6, 6.07) is 11.7. The molecule has 18 heavy (non-hydrogen) atoms. The largest absolute Gasteiger partial charge is 0.484 e. The van der Waals surface area contributed by atoms with Gasteiger partial charge in [-0.05, 0) is 30.3 Å². The van der Waals surface area contributed by atoms with Gasteiger partial charge in [-0.15, -0.1) is 11.3 Å². The standard InChI is InChI=1S/C14H14N2OS/c1-15-12-7-3-4-8-13(12)16-14(17-2)10-11-6-5-9-18-11/h3-9H,1,10H2,2H3. The quantitative estimate of drug-likeness (QED) is 0.603. The highest BCUT2D eigenvalue weighted by molar-refractivity contribution is 7.10. The van der Waals surface area contributed by atoms with Gasteiger partial charge in [0.25, 0.3) is 0 Å². The molecule has 4 heteroatoms. The number of para-hydroxylation sites is 2. The molecule has 2 aromatic rings. The van der Waals surface area contributed by atoms with Crippen LogP contribution in [0.4, 0.5) is 11.4 Å². The molecule has 0 bridgehead atoms. The SMILES string of the molecule is C=Nc1ccccc1N=C(Cc1cccs1)OC. The van der Waals surface area contributed by atoms with Gasteiger partial charge in [0.05, 0.1) is 24.9 Å². The first-order valence-corrected chi connectivity index (χ1v) is 6.41. The Balaban J connectivity index is 2.26. The van der Waals surface area contributed by atoms with Crippen molar-refractivity contribution in [3.63, 3.8) is 0 Å². The minimum absolute atomic E-state index is 0.675. The third-order valence-electron chi connectivity index (χ3n) is 2.44. The van der Waals surface area contributed by atoms with Crippen molar-refractivity contribution in [3.05, 3.63) is 46.7 Å². The van der Waals surface area contributed by atoms with Crippen molar-refractivity contribution < 1.29 is 4.74 Å². The number of nitrogens with zero attached hydrogens (tertiary/aromatic N) is 2. The highest BCUT2D eigenvalue weighted by Crippen LogP contribution is 2.27. The van der Waals surface area contributed by atoms with Gasteiger partial charge in [-0.1, -0.05) is 18.2 Å². The van der Waals surface area contributed by atoms with E-state index in [1.807, 2.05) is 35.7 Å². The van der Waals surface area contributed by atoms with Crippen LogP contribution in [-0.4, -0.2) is 19.7 Å². The molecule has 0 saturated carbocycles. The summed E-state index contributed by atoms with van der Waals surface area (Å²) in [5.74, 6) is 0.675. The molecule has 0 saturated heterocycles. The maximum Gasteiger partial charge on any atom is 0.193 e. The molecule has 1 heterocycles. The first-order valence-electron chi connectivity index (χ1n) is 5.53. The molecule has 0 unspecified atom stereocenters. The number of benzene rings is 1. The zero-order valence-electron chi connectivity index (χ0n) is 10.2. The number of hydrogen-bond acceptors (Lipinski definition) is 4. The Labute approximate surface area is 110 Å². The van der Waals surface area contributed by atoms with Gasteiger partial charge in [0.2, 0.25) is 0 Å². The monoisotopic (exact) mass is 258 g/mol. The normalized spacial score (nSPS) is 11.3. The van der Waals surface area contributed by atoms with Crippen LogP contribution in [0.15, 0.2) is 51.8 Å². The lowest BCUT2D eigenvalue weighted by Gasteiger charge is -2.05. The molecule has 0 aliphatic heterocycles. The average Bonchev–Trinajstić information content (AvgIpc) is 2.91. The molecule has 0 radical (unpaired) electrons. The van der Waals surface area contributed by atoms with Gasteiger partial charge < -0.3 is 4.74 Å². The second-order valence-corrected chi connectivity index (χ2v) is 4.64. The topological polar surface area (TPSA) is 34.0 Å². The van der Waals surface area contributed by atoms with E-state index in [0.29, 0.717) is 12.3 Å². The van der Waals surface area contributed by atoms with E-state index >= 15 is 0 Å². The average molecular weight is 258 g/mol. The Morgan fingerprint density at radius 2 is 2.00 bits per heavy atom. The summed E-state index contributed by atoms with van der Waals surface area (Å²) in [4.78, 5) is 9.66. The van der Waals surface area contributed by atoms with Crippen LogP contribution in [-0.2, 0) is 11.2 Å². The van der Waals surface area contributed by atoms with E-state index in [2.05, 4.69) is 22.8 Å². The van der Waals surface area contributed by atoms with E-state index in [9.17, 15) is 0 Å². The van der Waals surface area contributed by atoms with Gasteiger partial charge in [0.15, 0.2) is 5.90 Å². The smallest absolute Gasteiger partial charge is 0.193 e. The van der Waals surface area contributed by atoms with Crippen molar-refractivity contribution in [2.24, 2.45) is 9.98 Å². The molecule has 0 N–H and O–H groups in total. The minimum Gasteiger partial charge on any atom is -0.484 e. The van der Waals surface area contributed by atoms with Crippen LogP contribution in [0.1, 0.15) is 4.88 Å². The molecular weight excluding hydrogens is 244 g/mol. The second kappa shape index (κ2) is 6.12. The molecule has 2 rings (SSSR count). The lowest BCUT2D eigenvalue weighted by molar-refractivity contribution is 0.394. The molecule has 0 aliphatic carbocycles. The number of methoxy groups -OCH3 is 1. The van der Waals surface area contributed by atoms with E-state index in [1.165, 1.54) is 4.88 Å². The molecule has 1 aromatic carbocycles. The van der Waals surface area contributed by atoms with Crippen LogP contribution in [0, 0.1) is 0 Å². The van der Waals surface area contributed by atoms with Crippen LogP contribution in [0.25, 0.3) is 0 Å². The zero-order valence-corrected chi connectivity index (χ0v) is 11.0. The molecule has 0 amide bonds. The zero-order chi connectivity index (χ0) is 12.8. The number of aliphatic imine (C=N–C) groups is 2. The molecule has 0 atom stereocenters.